The molecule has 2 aliphatic heterocycles. The highest BCUT2D eigenvalue weighted by Gasteiger charge is 2.40. The van der Waals surface area contributed by atoms with Gasteiger partial charge in [-0.1, -0.05) is 99.6 Å². The molecule has 0 fully saturated rings. The van der Waals surface area contributed by atoms with Crippen molar-refractivity contribution in [2.75, 3.05) is 0 Å². The Kier molecular flexibility index (Phi) is 5.96. The Labute approximate surface area is 301 Å². The summed E-state index contributed by atoms with van der Waals surface area (Å²) in [6, 6.07) is 48.0. The summed E-state index contributed by atoms with van der Waals surface area (Å²) in [7, 11) is 0. The molecule has 3 heteroatoms. The minimum atomic E-state index is 0.0288. The van der Waals surface area contributed by atoms with Crippen molar-refractivity contribution in [1.82, 2.24) is 0 Å². The fraction of sp³-hybridized carbons (Fsp3) is 0.125. The Morgan fingerprint density at radius 3 is 1.82 bits per heavy atom. The topological polar surface area (TPSA) is 7.76 Å². The van der Waals surface area contributed by atoms with Gasteiger partial charge in [0.15, 0.2) is 12.4 Å². The molecule has 11 rings (SSSR count). The molecule has 51 heavy (non-hydrogen) atoms. The van der Waals surface area contributed by atoms with E-state index < -0.39 is 0 Å². The van der Waals surface area contributed by atoms with Gasteiger partial charge >= 0.3 is 0 Å². The molecule has 0 saturated heterocycles. The maximum atomic E-state index is 2.52. The average Bonchev–Trinajstić information content (AvgIpc) is 3.55. The smallest absolute Gasteiger partial charge is 0.158 e. The van der Waals surface area contributed by atoms with Crippen LogP contribution in [0.3, 0.4) is 0 Å². The van der Waals surface area contributed by atoms with Crippen LogP contribution in [0, 0.1) is 0 Å². The molecule has 6 aromatic carbocycles. The molecule has 0 saturated carbocycles. The Balaban J connectivity index is 1.21. The maximum absolute atomic E-state index is 2.52. The van der Waals surface area contributed by atoms with Gasteiger partial charge in [0.2, 0.25) is 11.4 Å². The van der Waals surface area contributed by atoms with Gasteiger partial charge in [-0.3, -0.25) is 0 Å². The second-order valence-corrected chi connectivity index (χ2v) is 16.4. The first-order chi connectivity index (χ1) is 24.9. The molecule has 3 aromatic heterocycles. The summed E-state index contributed by atoms with van der Waals surface area (Å²) in [4.78, 5) is 0. The van der Waals surface area contributed by atoms with Crippen LogP contribution in [0.15, 0.2) is 140 Å². The van der Waals surface area contributed by atoms with Gasteiger partial charge < -0.3 is 0 Å². The van der Waals surface area contributed by atoms with Crippen molar-refractivity contribution < 1.29 is 9.13 Å². The molecule has 0 bridgehead atoms. The number of thiophene rings is 1. The van der Waals surface area contributed by atoms with Gasteiger partial charge in [-0.05, 0) is 78.7 Å². The van der Waals surface area contributed by atoms with Gasteiger partial charge in [0.1, 0.15) is 0 Å². The molecule has 0 amide bonds. The quantitative estimate of drug-likeness (QED) is 0.112. The summed E-state index contributed by atoms with van der Waals surface area (Å²) >= 11 is 1.93. The molecular weight excluding hydrogens is 637 g/mol. The van der Waals surface area contributed by atoms with Gasteiger partial charge in [0.05, 0.1) is 24.0 Å². The molecule has 9 aromatic rings. The Bertz CT molecular complexity index is 3010. The SMILES string of the molecule is CC(C)(C)c1cc[n+]2c(c1)-c1cc3c4ccccc4c4ccccc4c3cc1C/C2=C1/Cc2ccc3c(sc4ccccc43)c2-c2cccc[n+]21. The zero-order valence-corrected chi connectivity index (χ0v) is 29.8. The van der Waals surface area contributed by atoms with E-state index in [1.54, 1.807) is 0 Å². The van der Waals surface area contributed by atoms with Gasteiger partial charge in [-0.15, -0.1) is 11.3 Å². The normalized spacial score (nSPS) is 15.4. The Morgan fingerprint density at radius 2 is 1.10 bits per heavy atom. The highest BCUT2D eigenvalue weighted by Crippen LogP contribution is 2.45. The highest BCUT2D eigenvalue weighted by molar-refractivity contribution is 7.26. The number of nitrogens with zero attached hydrogens (tertiary/aromatic N) is 2. The lowest BCUT2D eigenvalue weighted by Gasteiger charge is -2.24. The second-order valence-electron chi connectivity index (χ2n) is 15.3. The summed E-state index contributed by atoms with van der Waals surface area (Å²) in [6.45, 7) is 6.96. The molecule has 5 heterocycles. The molecule has 0 radical (unpaired) electrons. The standard InChI is InChI=1S/C48H36N2S/c1-48(2,3)31-21-23-50-42(27-31)38-28-40-35-15-7-5-13-33(35)32-12-4-6-14-34(32)39(40)24-30(38)26-44(50)43-25-29-19-20-37-36-16-8-9-18-45(36)51-47(37)46(29)41-17-10-11-22-49(41)43/h4-24,27-28H,25-26H2,1-3H3/q+2/b44-43+. The molecule has 0 atom stereocenters. The summed E-state index contributed by atoms with van der Waals surface area (Å²) in [5.41, 5.74) is 12.1. The fourth-order valence-electron chi connectivity index (χ4n) is 8.94. The van der Waals surface area contributed by atoms with Crippen molar-refractivity contribution in [3.8, 4) is 22.5 Å². The zero-order valence-electron chi connectivity index (χ0n) is 29.0. The van der Waals surface area contributed by atoms with Crippen molar-refractivity contribution in [3.05, 3.63) is 156 Å². The average molecular weight is 673 g/mol. The van der Waals surface area contributed by atoms with Crippen LogP contribution in [0.4, 0.5) is 0 Å². The maximum Gasteiger partial charge on any atom is 0.259 e. The van der Waals surface area contributed by atoms with Crippen molar-refractivity contribution in [1.29, 1.82) is 0 Å². The van der Waals surface area contributed by atoms with Crippen LogP contribution < -0.4 is 9.13 Å². The molecule has 2 nitrogen and oxygen atoms in total. The lowest BCUT2D eigenvalue weighted by atomic mass is 9.83. The third-order valence-corrected chi connectivity index (χ3v) is 12.6. The van der Waals surface area contributed by atoms with Crippen LogP contribution in [0.1, 0.15) is 37.5 Å². The predicted molar refractivity (Wildman–Crippen MR) is 215 cm³/mol. The zero-order chi connectivity index (χ0) is 34.0. The van der Waals surface area contributed by atoms with Gasteiger partial charge in [-0.25, -0.2) is 0 Å². The molecule has 0 aliphatic carbocycles. The lowest BCUT2D eigenvalue weighted by molar-refractivity contribution is -0.602. The third kappa shape index (κ3) is 4.16. The van der Waals surface area contributed by atoms with Gasteiger partial charge in [-0.2, -0.15) is 9.13 Å². The van der Waals surface area contributed by atoms with Gasteiger partial charge in [0.25, 0.3) is 11.4 Å². The summed E-state index contributed by atoms with van der Waals surface area (Å²) < 4.78 is 7.74. The van der Waals surface area contributed by atoms with Crippen LogP contribution >= 0.6 is 11.3 Å². The lowest BCUT2D eigenvalue weighted by Crippen LogP contribution is -2.47. The van der Waals surface area contributed by atoms with Gasteiger partial charge in [0, 0.05) is 44.4 Å². The van der Waals surface area contributed by atoms with Crippen LogP contribution in [-0.4, -0.2) is 0 Å². The first kappa shape index (κ1) is 29.1. The van der Waals surface area contributed by atoms with E-state index in [1.165, 1.54) is 103 Å². The minimum absolute atomic E-state index is 0.0288. The van der Waals surface area contributed by atoms with Crippen molar-refractivity contribution in [3.63, 3.8) is 0 Å². The number of benzene rings is 6. The largest absolute Gasteiger partial charge is 0.259 e. The monoisotopic (exact) mass is 672 g/mol. The van der Waals surface area contributed by atoms with Crippen LogP contribution in [0.5, 0.6) is 0 Å². The molecule has 2 aliphatic rings. The molecular formula is C48H36N2S+2. The minimum Gasteiger partial charge on any atom is -0.158 e. The van der Waals surface area contributed by atoms with E-state index in [-0.39, 0.29) is 5.41 Å². The summed E-state index contributed by atoms with van der Waals surface area (Å²) in [6.07, 6.45) is 6.36. The van der Waals surface area contributed by atoms with E-state index in [1.807, 2.05) is 11.3 Å². The molecule has 0 N–H and O–H groups in total. The number of hydrogen-bond acceptors (Lipinski definition) is 1. The van der Waals surface area contributed by atoms with Crippen LogP contribution in [0.25, 0.3) is 86.4 Å². The fourth-order valence-corrected chi connectivity index (χ4v) is 10.2. The second kappa shape index (κ2) is 10.4. The number of rotatable bonds is 0. The van der Waals surface area contributed by atoms with E-state index in [2.05, 4.69) is 170 Å². The number of aromatic nitrogens is 2. The predicted octanol–water partition coefficient (Wildman–Crippen LogP) is 11.7. The number of pyridine rings is 2. The van der Waals surface area contributed by atoms with Crippen LogP contribution in [-0.2, 0) is 18.3 Å². The summed E-state index contributed by atoms with van der Waals surface area (Å²) in [5, 5.41) is 10.6. The van der Waals surface area contributed by atoms with Crippen molar-refractivity contribution >= 4 is 75.2 Å². The number of hydrogen-bond donors (Lipinski definition) is 0. The number of fused-ring (bicyclic) bond motifs is 16. The highest BCUT2D eigenvalue weighted by atomic mass is 32.1. The first-order valence-electron chi connectivity index (χ1n) is 18.0. The van der Waals surface area contributed by atoms with E-state index in [0.29, 0.717) is 0 Å². The summed E-state index contributed by atoms with van der Waals surface area (Å²) in [5.74, 6) is 0. The Hall–Kier alpha value is -5.64. The van der Waals surface area contributed by atoms with E-state index in [4.69, 9.17) is 0 Å². The number of allylic oxidation sites excluding steroid dienone is 2. The molecule has 0 spiro atoms. The molecule has 0 unspecified atom stereocenters. The first-order valence-corrected chi connectivity index (χ1v) is 18.8. The van der Waals surface area contributed by atoms with Crippen LogP contribution in [0.2, 0.25) is 0 Å². The van der Waals surface area contributed by atoms with Crippen molar-refractivity contribution in [2.24, 2.45) is 0 Å². The van der Waals surface area contributed by atoms with E-state index >= 15 is 0 Å². The third-order valence-electron chi connectivity index (χ3n) is 11.4. The Morgan fingerprint density at radius 1 is 0.490 bits per heavy atom. The van der Waals surface area contributed by atoms with Crippen molar-refractivity contribution in [2.45, 2.75) is 39.0 Å². The molecule has 242 valence electrons. The van der Waals surface area contributed by atoms with E-state index in [0.717, 1.165) is 12.8 Å². The van der Waals surface area contributed by atoms with E-state index in [9.17, 15) is 0 Å².